The van der Waals surface area contributed by atoms with Gasteiger partial charge >= 0.3 is 5.97 Å². The predicted octanol–water partition coefficient (Wildman–Crippen LogP) is 1.50. The van der Waals surface area contributed by atoms with E-state index < -0.39 is 0 Å². The quantitative estimate of drug-likeness (QED) is 0.606. The molecule has 4 rings (SSSR count). The van der Waals surface area contributed by atoms with Gasteiger partial charge in [-0.3, -0.25) is 9.69 Å². The summed E-state index contributed by atoms with van der Waals surface area (Å²) in [4.78, 5) is 37.1. The molecule has 10 nitrogen and oxygen atoms in total. The van der Waals surface area contributed by atoms with Crippen LogP contribution in [0.3, 0.4) is 0 Å². The molecule has 1 unspecified atom stereocenters. The Kier molecular flexibility index (Phi) is 7.03. The lowest BCUT2D eigenvalue weighted by Crippen LogP contribution is -2.56. The van der Waals surface area contributed by atoms with E-state index >= 15 is 0 Å². The number of piperazine rings is 2. The van der Waals surface area contributed by atoms with Crippen molar-refractivity contribution in [2.45, 2.75) is 19.9 Å². The first-order valence-electron chi connectivity index (χ1n) is 11.5. The molecule has 2 aromatic rings. The molecule has 1 aromatic heterocycles. The number of carbonyl (C=O) groups excluding carboxylic acids is 2. The average Bonchev–Trinajstić information content (AvgIpc) is 3.25. The van der Waals surface area contributed by atoms with Crippen LogP contribution in [0, 0.1) is 18.3 Å². The largest absolute Gasteiger partial charge is 0.465 e. The van der Waals surface area contributed by atoms with Crippen molar-refractivity contribution >= 4 is 23.4 Å². The lowest BCUT2D eigenvalue weighted by molar-refractivity contribution is -0.133. The van der Waals surface area contributed by atoms with Crippen LogP contribution in [0.5, 0.6) is 0 Å². The number of hydrogen-bond acceptors (Lipinski definition) is 9. The first-order valence-corrected chi connectivity index (χ1v) is 11.5. The van der Waals surface area contributed by atoms with E-state index in [1.165, 1.54) is 7.11 Å². The smallest absolute Gasteiger partial charge is 0.337 e. The van der Waals surface area contributed by atoms with Crippen LogP contribution in [0.25, 0.3) is 0 Å². The van der Waals surface area contributed by atoms with Gasteiger partial charge in [-0.2, -0.15) is 5.26 Å². The Morgan fingerprint density at radius 2 is 1.79 bits per heavy atom. The van der Waals surface area contributed by atoms with Crippen LogP contribution in [0.2, 0.25) is 0 Å². The first-order chi connectivity index (χ1) is 16.4. The highest BCUT2D eigenvalue weighted by molar-refractivity contribution is 5.89. The van der Waals surface area contributed by atoms with E-state index in [-0.39, 0.29) is 17.9 Å². The third kappa shape index (κ3) is 4.99. The van der Waals surface area contributed by atoms with Crippen molar-refractivity contribution in [2.75, 3.05) is 69.3 Å². The standard InChI is InChI=1S/C24H30N6O4/c1-17-15-30(20-6-4-19(5-7-20)24(32)33-3)13-12-29(17)16-22(31)27-8-10-28(11-9-27)23-21(14-25)26-18(2)34-23/h4-7,17H,8-13,15-16H2,1-3H3. The predicted molar refractivity (Wildman–Crippen MR) is 126 cm³/mol. The van der Waals surface area contributed by atoms with Crippen LogP contribution in [-0.2, 0) is 9.53 Å². The summed E-state index contributed by atoms with van der Waals surface area (Å²) in [5.41, 5.74) is 1.89. The van der Waals surface area contributed by atoms with Gasteiger partial charge < -0.3 is 23.9 Å². The van der Waals surface area contributed by atoms with E-state index in [1.807, 2.05) is 21.9 Å². The number of anilines is 2. The van der Waals surface area contributed by atoms with Gasteiger partial charge in [-0.25, -0.2) is 9.78 Å². The summed E-state index contributed by atoms with van der Waals surface area (Å²) in [6, 6.07) is 9.72. The Labute approximate surface area is 199 Å². The number of hydrogen-bond donors (Lipinski definition) is 0. The third-order valence-corrected chi connectivity index (χ3v) is 6.50. The van der Waals surface area contributed by atoms with E-state index in [4.69, 9.17) is 9.15 Å². The summed E-state index contributed by atoms with van der Waals surface area (Å²) in [7, 11) is 1.38. The van der Waals surface area contributed by atoms with E-state index in [1.54, 1.807) is 19.1 Å². The van der Waals surface area contributed by atoms with Crippen LogP contribution in [0.15, 0.2) is 28.7 Å². The van der Waals surface area contributed by atoms with Crippen LogP contribution in [0.4, 0.5) is 11.6 Å². The molecule has 180 valence electrons. The number of rotatable bonds is 5. The second-order valence-electron chi connectivity index (χ2n) is 8.67. The summed E-state index contributed by atoms with van der Waals surface area (Å²) in [5.74, 6) is 0.747. The lowest BCUT2D eigenvalue weighted by Gasteiger charge is -2.42. The molecule has 0 radical (unpaired) electrons. The Balaban J connectivity index is 1.27. The number of benzene rings is 1. The fraction of sp³-hybridized carbons (Fsp3) is 0.500. The fourth-order valence-electron chi connectivity index (χ4n) is 4.53. The molecule has 0 spiro atoms. The molecular weight excluding hydrogens is 436 g/mol. The summed E-state index contributed by atoms with van der Waals surface area (Å²) in [6.45, 7) is 9.05. The average molecular weight is 467 g/mol. The molecule has 10 heteroatoms. The van der Waals surface area contributed by atoms with Gasteiger partial charge in [0.05, 0.1) is 19.2 Å². The fourth-order valence-corrected chi connectivity index (χ4v) is 4.53. The molecule has 2 aliphatic rings. The zero-order chi connectivity index (χ0) is 24.2. The molecule has 0 bridgehead atoms. The zero-order valence-corrected chi connectivity index (χ0v) is 19.9. The van der Waals surface area contributed by atoms with Gasteiger partial charge in [0.15, 0.2) is 5.89 Å². The summed E-state index contributed by atoms with van der Waals surface area (Å²) < 4.78 is 10.4. The van der Waals surface area contributed by atoms with Crippen LogP contribution in [0.1, 0.15) is 28.9 Å². The molecule has 1 atom stereocenters. The minimum absolute atomic E-state index is 0.122. The first kappa shape index (κ1) is 23.6. The van der Waals surface area contributed by atoms with Gasteiger partial charge in [0.2, 0.25) is 17.5 Å². The van der Waals surface area contributed by atoms with Gasteiger partial charge in [-0.1, -0.05) is 0 Å². The highest BCUT2D eigenvalue weighted by Crippen LogP contribution is 2.23. The number of esters is 1. The molecular formula is C24H30N6O4. The third-order valence-electron chi connectivity index (χ3n) is 6.50. The lowest BCUT2D eigenvalue weighted by atomic mass is 10.1. The van der Waals surface area contributed by atoms with Crippen molar-refractivity contribution in [2.24, 2.45) is 0 Å². The number of methoxy groups -OCH3 is 1. The van der Waals surface area contributed by atoms with Crippen molar-refractivity contribution < 1.29 is 18.7 Å². The monoisotopic (exact) mass is 466 g/mol. The second kappa shape index (κ2) is 10.1. The second-order valence-corrected chi connectivity index (χ2v) is 8.67. The van der Waals surface area contributed by atoms with Crippen molar-refractivity contribution in [3.63, 3.8) is 0 Å². The van der Waals surface area contributed by atoms with Gasteiger partial charge in [-0.05, 0) is 31.2 Å². The summed E-state index contributed by atoms with van der Waals surface area (Å²) in [6.07, 6.45) is 0. The van der Waals surface area contributed by atoms with Crippen LogP contribution in [-0.4, -0.2) is 92.2 Å². The molecule has 0 N–H and O–H groups in total. The molecule has 3 heterocycles. The maximum Gasteiger partial charge on any atom is 0.337 e. The minimum Gasteiger partial charge on any atom is -0.465 e. The Morgan fingerprint density at radius 3 is 2.41 bits per heavy atom. The number of aryl methyl sites for hydroxylation is 1. The van der Waals surface area contributed by atoms with Gasteiger partial charge in [-0.15, -0.1) is 0 Å². The number of nitrogens with zero attached hydrogens (tertiary/aromatic N) is 6. The van der Waals surface area contributed by atoms with Gasteiger partial charge in [0.1, 0.15) is 6.07 Å². The zero-order valence-electron chi connectivity index (χ0n) is 19.9. The van der Waals surface area contributed by atoms with Crippen molar-refractivity contribution in [3.05, 3.63) is 41.4 Å². The van der Waals surface area contributed by atoms with Crippen LogP contribution < -0.4 is 9.80 Å². The Bertz CT molecular complexity index is 1070. The number of carbonyl (C=O) groups is 2. The molecule has 2 fully saturated rings. The number of aromatic nitrogens is 1. The highest BCUT2D eigenvalue weighted by atomic mass is 16.5. The molecule has 2 saturated heterocycles. The molecule has 0 aliphatic carbocycles. The van der Waals surface area contributed by atoms with Gasteiger partial charge in [0.25, 0.3) is 0 Å². The Morgan fingerprint density at radius 1 is 1.12 bits per heavy atom. The summed E-state index contributed by atoms with van der Waals surface area (Å²) in [5, 5.41) is 9.25. The number of oxazole rings is 1. The van der Waals surface area contributed by atoms with Crippen molar-refractivity contribution in [3.8, 4) is 6.07 Å². The normalized spacial score (nSPS) is 19.1. The number of ether oxygens (including phenoxy) is 1. The van der Waals surface area contributed by atoms with E-state index in [0.29, 0.717) is 55.8 Å². The molecule has 0 saturated carbocycles. The topological polar surface area (TPSA) is 106 Å². The maximum absolute atomic E-state index is 13.0. The SMILES string of the molecule is COC(=O)c1ccc(N2CCN(CC(=O)N3CCN(c4oc(C)nc4C#N)CC3)C(C)C2)cc1. The van der Waals surface area contributed by atoms with E-state index in [2.05, 4.69) is 27.8 Å². The van der Waals surface area contributed by atoms with Crippen molar-refractivity contribution in [1.82, 2.24) is 14.8 Å². The summed E-state index contributed by atoms with van der Waals surface area (Å²) >= 11 is 0. The molecule has 2 aliphatic heterocycles. The number of nitriles is 1. The van der Waals surface area contributed by atoms with E-state index in [0.717, 1.165) is 25.3 Å². The van der Waals surface area contributed by atoms with E-state index in [9.17, 15) is 14.9 Å². The highest BCUT2D eigenvalue weighted by Gasteiger charge is 2.30. The molecule has 1 amide bonds. The molecule has 34 heavy (non-hydrogen) atoms. The maximum atomic E-state index is 13.0. The minimum atomic E-state index is -0.342. The Hall–Kier alpha value is -3.58. The van der Waals surface area contributed by atoms with Crippen LogP contribution >= 0.6 is 0 Å². The number of amides is 1. The molecule has 1 aromatic carbocycles. The van der Waals surface area contributed by atoms with Gasteiger partial charge in [0, 0.05) is 64.5 Å². The van der Waals surface area contributed by atoms with Crippen molar-refractivity contribution in [1.29, 1.82) is 5.26 Å².